The fourth-order valence-electron chi connectivity index (χ4n) is 1.55. The average molecular weight is 310 g/mol. The van der Waals surface area contributed by atoms with Gasteiger partial charge in [-0.05, 0) is 24.6 Å². The van der Waals surface area contributed by atoms with Gasteiger partial charge in [0, 0.05) is 18.1 Å². The zero-order valence-electron chi connectivity index (χ0n) is 10.5. The third-order valence-electron chi connectivity index (χ3n) is 2.44. The molecule has 18 heavy (non-hydrogen) atoms. The molecule has 0 bridgehead atoms. The highest BCUT2D eigenvalue weighted by Gasteiger charge is 2.11. The zero-order valence-corrected chi connectivity index (χ0v) is 12.1. The number of hydrogen-bond acceptors (Lipinski definition) is 3. The highest BCUT2D eigenvalue weighted by Crippen LogP contribution is 2.22. The van der Waals surface area contributed by atoms with Gasteiger partial charge in [0.15, 0.2) is 0 Å². The molecule has 0 radical (unpaired) electrons. The molecule has 1 aromatic rings. The van der Waals surface area contributed by atoms with Crippen molar-refractivity contribution in [1.82, 2.24) is 5.32 Å². The van der Waals surface area contributed by atoms with Gasteiger partial charge in [-0.25, -0.2) is 0 Å². The highest BCUT2D eigenvalue weighted by molar-refractivity contribution is 9.10. The van der Waals surface area contributed by atoms with Crippen molar-refractivity contribution in [3.63, 3.8) is 0 Å². The normalized spacial score (nSPS) is 9.67. The van der Waals surface area contributed by atoms with E-state index in [1.807, 2.05) is 19.1 Å². The third kappa shape index (κ3) is 4.04. The van der Waals surface area contributed by atoms with Crippen molar-refractivity contribution in [2.75, 3.05) is 25.0 Å². The van der Waals surface area contributed by atoms with Crippen molar-refractivity contribution < 1.29 is 4.79 Å². The summed E-state index contributed by atoms with van der Waals surface area (Å²) < 4.78 is 0.853. The topological polar surface area (TPSA) is 56.1 Å². The molecule has 0 unspecified atom stereocenters. The number of amides is 1. The second-order valence-electron chi connectivity index (χ2n) is 3.98. The molecule has 0 aliphatic rings. The van der Waals surface area contributed by atoms with Crippen LogP contribution in [0.3, 0.4) is 0 Å². The predicted octanol–water partition coefficient (Wildman–Crippen LogP) is 2.28. The summed E-state index contributed by atoms with van der Waals surface area (Å²) in [5.41, 5.74) is 1.31. The highest BCUT2D eigenvalue weighted by atomic mass is 79.9. The first kappa shape index (κ1) is 14.5. The number of rotatable bonds is 5. The van der Waals surface area contributed by atoms with E-state index in [2.05, 4.69) is 27.3 Å². The summed E-state index contributed by atoms with van der Waals surface area (Å²) in [5, 5.41) is 11.9. The van der Waals surface area contributed by atoms with Crippen LogP contribution in [0, 0.1) is 11.3 Å². The Balaban J connectivity index is 2.75. The van der Waals surface area contributed by atoms with Crippen LogP contribution < -0.4 is 10.2 Å². The summed E-state index contributed by atoms with van der Waals surface area (Å²) >= 11 is 3.32. The average Bonchev–Trinajstić information content (AvgIpc) is 2.35. The first-order valence-corrected chi connectivity index (χ1v) is 6.55. The number of benzene rings is 1. The summed E-state index contributed by atoms with van der Waals surface area (Å²) in [6.45, 7) is 2.93. The number of carbonyl (C=O) groups is 1. The third-order valence-corrected chi connectivity index (χ3v) is 2.94. The first-order chi connectivity index (χ1) is 8.58. The maximum atomic E-state index is 11.6. The SMILES string of the molecule is CCCNC(=O)CN(C)c1ccc(Br)cc1C#N. The maximum absolute atomic E-state index is 11.6. The van der Waals surface area contributed by atoms with E-state index in [0.717, 1.165) is 16.6 Å². The Labute approximate surface area is 116 Å². The summed E-state index contributed by atoms with van der Waals surface area (Å²) in [4.78, 5) is 13.4. The molecule has 0 aliphatic heterocycles. The molecule has 1 rings (SSSR count). The molecule has 96 valence electrons. The molecule has 5 heteroatoms. The standard InChI is InChI=1S/C13H16BrN3O/c1-3-6-16-13(18)9-17(2)12-5-4-11(14)7-10(12)8-15/h4-5,7H,3,6,9H2,1-2H3,(H,16,18). The lowest BCUT2D eigenvalue weighted by Gasteiger charge is -2.20. The van der Waals surface area contributed by atoms with E-state index < -0.39 is 0 Å². The molecule has 0 fully saturated rings. The molecular weight excluding hydrogens is 294 g/mol. The number of nitrogens with zero attached hydrogens (tertiary/aromatic N) is 2. The van der Waals surface area contributed by atoms with Crippen LogP contribution >= 0.6 is 15.9 Å². The van der Waals surface area contributed by atoms with Gasteiger partial charge < -0.3 is 10.2 Å². The van der Waals surface area contributed by atoms with Gasteiger partial charge in [-0.3, -0.25) is 4.79 Å². The molecule has 0 atom stereocenters. The molecule has 0 heterocycles. The van der Waals surface area contributed by atoms with Crippen molar-refractivity contribution in [2.24, 2.45) is 0 Å². The smallest absolute Gasteiger partial charge is 0.239 e. The van der Waals surface area contributed by atoms with Gasteiger partial charge in [-0.15, -0.1) is 0 Å². The number of nitrogens with one attached hydrogen (secondary N) is 1. The van der Waals surface area contributed by atoms with Crippen LogP contribution in [0.1, 0.15) is 18.9 Å². The van der Waals surface area contributed by atoms with Crippen LogP contribution in [0.25, 0.3) is 0 Å². The number of nitriles is 1. The fourth-order valence-corrected chi connectivity index (χ4v) is 1.91. The summed E-state index contributed by atoms with van der Waals surface area (Å²) in [6.07, 6.45) is 0.914. The molecule has 1 amide bonds. The van der Waals surface area contributed by atoms with Crippen LogP contribution in [0.5, 0.6) is 0 Å². The van der Waals surface area contributed by atoms with Crippen molar-refractivity contribution in [3.8, 4) is 6.07 Å². The van der Waals surface area contributed by atoms with Crippen molar-refractivity contribution in [3.05, 3.63) is 28.2 Å². The van der Waals surface area contributed by atoms with E-state index in [1.54, 1.807) is 18.0 Å². The van der Waals surface area contributed by atoms with Crippen LogP contribution in [-0.2, 0) is 4.79 Å². The Kier molecular flexibility index (Phi) is 5.66. The molecule has 0 spiro atoms. The lowest BCUT2D eigenvalue weighted by molar-refractivity contribution is -0.119. The van der Waals surface area contributed by atoms with Crippen molar-refractivity contribution in [1.29, 1.82) is 5.26 Å². The minimum atomic E-state index is -0.0360. The molecule has 0 saturated carbocycles. The second kappa shape index (κ2) is 7.02. The van der Waals surface area contributed by atoms with Gasteiger partial charge in [0.2, 0.25) is 5.91 Å². The van der Waals surface area contributed by atoms with E-state index in [1.165, 1.54) is 0 Å². The lowest BCUT2D eigenvalue weighted by atomic mass is 10.2. The van der Waals surface area contributed by atoms with Gasteiger partial charge >= 0.3 is 0 Å². The number of carbonyl (C=O) groups excluding carboxylic acids is 1. The molecular formula is C13H16BrN3O. The van der Waals surface area contributed by atoms with E-state index in [4.69, 9.17) is 5.26 Å². The summed E-state index contributed by atoms with van der Waals surface area (Å²) in [6, 6.07) is 7.56. The van der Waals surface area contributed by atoms with Crippen LogP contribution in [0.15, 0.2) is 22.7 Å². The summed E-state index contributed by atoms with van der Waals surface area (Å²) in [5.74, 6) is -0.0360. The molecule has 1 N–H and O–H groups in total. The predicted molar refractivity (Wildman–Crippen MR) is 75.4 cm³/mol. The van der Waals surface area contributed by atoms with E-state index in [9.17, 15) is 4.79 Å². The van der Waals surface area contributed by atoms with Crippen LogP contribution in [-0.4, -0.2) is 26.0 Å². The first-order valence-electron chi connectivity index (χ1n) is 5.76. The van der Waals surface area contributed by atoms with Crippen molar-refractivity contribution >= 4 is 27.5 Å². The maximum Gasteiger partial charge on any atom is 0.239 e. The Morgan fingerprint density at radius 2 is 2.28 bits per heavy atom. The van der Waals surface area contributed by atoms with Gasteiger partial charge in [0.25, 0.3) is 0 Å². The van der Waals surface area contributed by atoms with Crippen LogP contribution in [0.2, 0.25) is 0 Å². The number of halogens is 1. The molecule has 0 aromatic heterocycles. The molecule has 0 aliphatic carbocycles. The fraction of sp³-hybridized carbons (Fsp3) is 0.385. The van der Waals surface area contributed by atoms with E-state index >= 15 is 0 Å². The lowest BCUT2D eigenvalue weighted by Crippen LogP contribution is -2.35. The van der Waals surface area contributed by atoms with Gasteiger partial charge in [-0.2, -0.15) is 5.26 Å². The largest absolute Gasteiger partial charge is 0.364 e. The van der Waals surface area contributed by atoms with E-state index in [0.29, 0.717) is 12.1 Å². The molecule has 0 saturated heterocycles. The zero-order chi connectivity index (χ0) is 13.5. The minimum Gasteiger partial charge on any atom is -0.364 e. The Morgan fingerprint density at radius 1 is 1.56 bits per heavy atom. The number of likely N-dealkylation sites (N-methyl/N-ethyl adjacent to an activating group) is 1. The number of anilines is 1. The summed E-state index contributed by atoms with van der Waals surface area (Å²) in [7, 11) is 1.80. The Bertz CT molecular complexity index is 468. The number of hydrogen-bond donors (Lipinski definition) is 1. The second-order valence-corrected chi connectivity index (χ2v) is 4.89. The van der Waals surface area contributed by atoms with E-state index in [-0.39, 0.29) is 12.5 Å². The van der Waals surface area contributed by atoms with Gasteiger partial charge in [0.05, 0.1) is 17.8 Å². The quantitative estimate of drug-likeness (QED) is 0.908. The molecule has 1 aromatic carbocycles. The van der Waals surface area contributed by atoms with Gasteiger partial charge in [0.1, 0.15) is 6.07 Å². The monoisotopic (exact) mass is 309 g/mol. The molecule has 4 nitrogen and oxygen atoms in total. The minimum absolute atomic E-state index is 0.0360. The Morgan fingerprint density at radius 3 is 2.89 bits per heavy atom. The van der Waals surface area contributed by atoms with Crippen molar-refractivity contribution in [2.45, 2.75) is 13.3 Å². The van der Waals surface area contributed by atoms with Gasteiger partial charge in [-0.1, -0.05) is 22.9 Å². The van der Waals surface area contributed by atoms with Crippen LogP contribution in [0.4, 0.5) is 5.69 Å². The Hall–Kier alpha value is -1.54.